The van der Waals surface area contributed by atoms with E-state index in [4.69, 9.17) is 4.42 Å². The van der Waals surface area contributed by atoms with Gasteiger partial charge < -0.3 is 14.6 Å². The highest BCUT2D eigenvalue weighted by Gasteiger charge is 2.19. The summed E-state index contributed by atoms with van der Waals surface area (Å²) in [6.45, 7) is 5.29. The minimum Gasteiger partial charge on any atom is -0.467 e. The van der Waals surface area contributed by atoms with E-state index in [-0.39, 0.29) is 5.91 Å². The molecule has 0 aliphatic carbocycles. The fourth-order valence-electron chi connectivity index (χ4n) is 1.99. The Morgan fingerprint density at radius 3 is 3.25 bits per heavy atom. The third-order valence-electron chi connectivity index (χ3n) is 2.82. The van der Waals surface area contributed by atoms with Crippen molar-refractivity contribution in [2.75, 3.05) is 19.6 Å². The Balaban J connectivity index is 2.00. The van der Waals surface area contributed by atoms with Crippen LogP contribution >= 0.6 is 0 Å². The van der Waals surface area contributed by atoms with Crippen molar-refractivity contribution < 1.29 is 9.21 Å². The number of carbonyl (C=O) groups excluding carboxylic acids is 1. The molecule has 1 amide bonds. The summed E-state index contributed by atoms with van der Waals surface area (Å²) in [6, 6.07) is 3.77. The van der Waals surface area contributed by atoms with Gasteiger partial charge in [-0.05, 0) is 24.6 Å². The summed E-state index contributed by atoms with van der Waals surface area (Å²) >= 11 is 0. The van der Waals surface area contributed by atoms with Gasteiger partial charge in [0.25, 0.3) is 0 Å². The molecule has 4 heteroatoms. The standard InChI is InChI=1S/C12H18N2O2/c1-10-7-13-5-4-12(15)14(8-10)9-11-3-2-6-16-11/h2-3,6,10,13H,4-5,7-9H2,1H3. The van der Waals surface area contributed by atoms with Crippen LogP contribution in [0.2, 0.25) is 0 Å². The monoisotopic (exact) mass is 222 g/mol. The zero-order valence-corrected chi connectivity index (χ0v) is 9.61. The largest absolute Gasteiger partial charge is 0.467 e. The van der Waals surface area contributed by atoms with E-state index in [9.17, 15) is 4.79 Å². The lowest BCUT2D eigenvalue weighted by Crippen LogP contribution is -2.41. The highest BCUT2D eigenvalue weighted by Crippen LogP contribution is 2.11. The lowest BCUT2D eigenvalue weighted by atomic mass is 10.1. The Hall–Kier alpha value is -1.29. The molecule has 1 N–H and O–H groups in total. The van der Waals surface area contributed by atoms with Crippen molar-refractivity contribution in [1.29, 1.82) is 0 Å². The van der Waals surface area contributed by atoms with E-state index in [1.807, 2.05) is 17.0 Å². The maximum atomic E-state index is 11.9. The second kappa shape index (κ2) is 5.16. The molecule has 0 bridgehead atoms. The number of amides is 1. The molecule has 88 valence electrons. The number of carbonyl (C=O) groups is 1. The van der Waals surface area contributed by atoms with E-state index in [1.165, 1.54) is 0 Å². The van der Waals surface area contributed by atoms with Gasteiger partial charge in [0.2, 0.25) is 5.91 Å². The molecule has 1 atom stereocenters. The van der Waals surface area contributed by atoms with Crippen molar-refractivity contribution >= 4 is 5.91 Å². The van der Waals surface area contributed by atoms with Crippen LogP contribution in [0.15, 0.2) is 22.8 Å². The van der Waals surface area contributed by atoms with E-state index < -0.39 is 0 Å². The number of hydrogen-bond donors (Lipinski definition) is 1. The summed E-state index contributed by atoms with van der Waals surface area (Å²) in [5, 5.41) is 3.28. The first kappa shape index (κ1) is 11.2. The number of nitrogens with zero attached hydrogens (tertiary/aromatic N) is 1. The molecule has 0 aromatic carbocycles. The fourth-order valence-corrected chi connectivity index (χ4v) is 1.99. The second-order valence-electron chi connectivity index (χ2n) is 4.41. The van der Waals surface area contributed by atoms with E-state index in [1.54, 1.807) is 6.26 Å². The molecule has 1 aliphatic heterocycles. The van der Waals surface area contributed by atoms with Gasteiger partial charge >= 0.3 is 0 Å². The molecule has 0 saturated carbocycles. The summed E-state index contributed by atoms with van der Waals surface area (Å²) in [4.78, 5) is 13.8. The highest BCUT2D eigenvalue weighted by molar-refractivity contribution is 5.76. The van der Waals surface area contributed by atoms with Gasteiger partial charge in [-0.3, -0.25) is 4.79 Å². The quantitative estimate of drug-likeness (QED) is 0.818. The van der Waals surface area contributed by atoms with Crippen LogP contribution in [-0.2, 0) is 11.3 Å². The molecule has 4 nitrogen and oxygen atoms in total. The van der Waals surface area contributed by atoms with Crippen LogP contribution in [0.3, 0.4) is 0 Å². The van der Waals surface area contributed by atoms with Crippen LogP contribution in [0, 0.1) is 5.92 Å². The summed E-state index contributed by atoms with van der Waals surface area (Å²) in [7, 11) is 0. The molecule has 2 heterocycles. The van der Waals surface area contributed by atoms with Crippen molar-refractivity contribution in [2.24, 2.45) is 5.92 Å². The van der Waals surface area contributed by atoms with Crippen LogP contribution in [-0.4, -0.2) is 30.4 Å². The first-order valence-corrected chi connectivity index (χ1v) is 5.76. The van der Waals surface area contributed by atoms with E-state index in [0.717, 1.165) is 25.4 Å². The summed E-state index contributed by atoms with van der Waals surface area (Å²) in [5.74, 6) is 1.55. The first-order valence-electron chi connectivity index (χ1n) is 5.76. The number of furan rings is 1. The van der Waals surface area contributed by atoms with Crippen LogP contribution < -0.4 is 5.32 Å². The molecule has 1 aliphatic rings. The lowest BCUT2D eigenvalue weighted by molar-refractivity contribution is -0.133. The van der Waals surface area contributed by atoms with Crippen LogP contribution in [0.4, 0.5) is 0 Å². The zero-order valence-electron chi connectivity index (χ0n) is 9.61. The van der Waals surface area contributed by atoms with Crippen LogP contribution in [0.1, 0.15) is 19.1 Å². The van der Waals surface area contributed by atoms with Crippen molar-refractivity contribution in [3.05, 3.63) is 24.2 Å². The lowest BCUT2D eigenvalue weighted by Gasteiger charge is -2.28. The Bertz CT molecular complexity index is 335. The molecule has 0 radical (unpaired) electrons. The second-order valence-corrected chi connectivity index (χ2v) is 4.41. The smallest absolute Gasteiger partial charge is 0.224 e. The molecule has 1 aromatic heterocycles. The van der Waals surface area contributed by atoms with Gasteiger partial charge in [0.1, 0.15) is 5.76 Å². The molecule has 2 rings (SSSR count). The van der Waals surface area contributed by atoms with Gasteiger partial charge in [0.05, 0.1) is 12.8 Å². The van der Waals surface area contributed by atoms with Gasteiger partial charge in [-0.2, -0.15) is 0 Å². The minimum atomic E-state index is 0.204. The van der Waals surface area contributed by atoms with E-state index >= 15 is 0 Å². The minimum absolute atomic E-state index is 0.204. The Morgan fingerprint density at radius 1 is 1.62 bits per heavy atom. The molecule has 1 fully saturated rings. The predicted molar refractivity (Wildman–Crippen MR) is 60.8 cm³/mol. The Labute approximate surface area is 95.6 Å². The zero-order chi connectivity index (χ0) is 11.4. The number of nitrogens with one attached hydrogen (secondary N) is 1. The maximum absolute atomic E-state index is 11.9. The van der Waals surface area contributed by atoms with Crippen molar-refractivity contribution in [2.45, 2.75) is 19.9 Å². The van der Waals surface area contributed by atoms with E-state index in [2.05, 4.69) is 12.2 Å². The molecule has 16 heavy (non-hydrogen) atoms. The Kier molecular flexibility index (Phi) is 3.62. The Morgan fingerprint density at radius 2 is 2.50 bits per heavy atom. The van der Waals surface area contributed by atoms with Gasteiger partial charge in [-0.15, -0.1) is 0 Å². The molecule has 1 aromatic rings. The van der Waals surface area contributed by atoms with Crippen LogP contribution in [0.5, 0.6) is 0 Å². The fraction of sp³-hybridized carbons (Fsp3) is 0.583. The van der Waals surface area contributed by atoms with Gasteiger partial charge in [0, 0.05) is 19.5 Å². The van der Waals surface area contributed by atoms with Gasteiger partial charge in [-0.25, -0.2) is 0 Å². The summed E-state index contributed by atoms with van der Waals surface area (Å²) < 4.78 is 5.28. The SMILES string of the molecule is CC1CNCCC(=O)N(Cc2ccco2)C1. The van der Waals surface area contributed by atoms with Crippen molar-refractivity contribution in [3.63, 3.8) is 0 Å². The summed E-state index contributed by atoms with van der Waals surface area (Å²) in [5.41, 5.74) is 0. The average Bonchev–Trinajstić information content (AvgIpc) is 2.74. The average molecular weight is 222 g/mol. The normalized spacial score (nSPS) is 22.9. The number of rotatable bonds is 2. The highest BCUT2D eigenvalue weighted by atomic mass is 16.3. The van der Waals surface area contributed by atoms with Gasteiger partial charge in [0.15, 0.2) is 0 Å². The third kappa shape index (κ3) is 2.85. The molecule has 1 unspecified atom stereocenters. The third-order valence-corrected chi connectivity index (χ3v) is 2.82. The topological polar surface area (TPSA) is 45.5 Å². The number of hydrogen-bond acceptors (Lipinski definition) is 3. The summed E-state index contributed by atoms with van der Waals surface area (Å²) in [6.07, 6.45) is 2.22. The maximum Gasteiger partial charge on any atom is 0.224 e. The van der Waals surface area contributed by atoms with Crippen LogP contribution in [0.25, 0.3) is 0 Å². The molecular formula is C12H18N2O2. The molecular weight excluding hydrogens is 204 g/mol. The van der Waals surface area contributed by atoms with E-state index in [0.29, 0.717) is 18.9 Å². The van der Waals surface area contributed by atoms with Crippen molar-refractivity contribution in [1.82, 2.24) is 10.2 Å². The van der Waals surface area contributed by atoms with Gasteiger partial charge in [-0.1, -0.05) is 6.92 Å². The first-order chi connectivity index (χ1) is 7.75. The molecule has 0 spiro atoms. The predicted octanol–water partition coefficient (Wildman–Crippen LogP) is 1.24. The van der Waals surface area contributed by atoms with Crippen molar-refractivity contribution in [3.8, 4) is 0 Å². The molecule has 1 saturated heterocycles.